The van der Waals surface area contributed by atoms with E-state index in [1.165, 1.54) is 42.6 Å². The lowest BCUT2D eigenvalue weighted by Crippen LogP contribution is -2.18. The van der Waals surface area contributed by atoms with Crippen LogP contribution in [0.5, 0.6) is 5.75 Å². The van der Waals surface area contributed by atoms with Crippen LogP contribution in [0.25, 0.3) is 0 Å². The normalized spacial score (nSPS) is 11.9. The number of hydrogen-bond donors (Lipinski definition) is 1. The summed E-state index contributed by atoms with van der Waals surface area (Å²) in [6.07, 6.45) is 1.25. The molecule has 0 spiro atoms. The summed E-state index contributed by atoms with van der Waals surface area (Å²) in [4.78, 5) is 11.9. The smallest absolute Gasteiger partial charge is 0.339 e. The van der Waals surface area contributed by atoms with Gasteiger partial charge in [0.25, 0.3) is 15.7 Å². The van der Waals surface area contributed by atoms with Crippen molar-refractivity contribution < 1.29 is 25.9 Å². The maximum atomic E-state index is 12.3. The summed E-state index contributed by atoms with van der Waals surface area (Å²) in [7, 11) is -7.98. The molecule has 0 aliphatic heterocycles. The fraction of sp³-hybridized carbons (Fsp3) is 0. The summed E-state index contributed by atoms with van der Waals surface area (Å²) >= 11 is 0. The number of nitrogens with zero attached hydrogens (tertiary/aromatic N) is 2. The molecule has 0 saturated heterocycles. The van der Waals surface area contributed by atoms with Crippen molar-refractivity contribution in [1.29, 1.82) is 0 Å². The largest absolute Gasteiger partial charge is 0.379 e. The molecule has 0 atom stereocenters. The van der Waals surface area contributed by atoms with Gasteiger partial charge in [0, 0.05) is 12.1 Å². The highest BCUT2D eigenvalue weighted by Gasteiger charge is 2.18. The Morgan fingerprint density at radius 1 is 0.839 bits per heavy atom. The Bertz CT molecular complexity index is 1310. The van der Waals surface area contributed by atoms with Crippen molar-refractivity contribution in [3.8, 4) is 5.75 Å². The molecule has 3 aromatic carbocycles. The average Bonchev–Trinajstić information content (AvgIpc) is 2.75. The topological polar surface area (TPSA) is 145 Å². The van der Waals surface area contributed by atoms with E-state index in [1.807, 2.05) is 0 Å². The van der Waals surface area contributed by atoms with Crippen LogP contribution in [-0.2, 0) is 20.1 Å². The Kier molecular flexibility index (Phi) is 6.32. The second-order valence-electron chi connectivity index (χ2n) is 6.02. The van der Waals surface area contributed by atoms with E-state index in [-0.39, 0.29) is 21.2 Å². The Morgan fingerprint density at radius 2 is 1.45 bits per heavy atom. The molecule has 0 aromatic heterocycles. The van der Waals surface area contributed by atoms with Gasteiger partial charge in [-0.1, -0.05) is 18.2 Å². The van der Waals surface area contributed by atoms with E-state index in [0.29, 0.717) is 5.56 Å². The highest BCUT2D eigenvalue weighted by atomic mass is 32.2. The fourth-order valence-electron chi connectivity index (χ4n) is 2.34. The zero-order valence-electron chi connectivity index (χ0n) is 15.7. The van der Waals surface area contributed by atoms with Crippen LogP contribution in [0.15, 0.2) is 93.8 Å². The molecule has 31 heavy (non-hydrogen) atoms. The number of sulfonamides is 1. The zero-order chi connectivity index (χ0) is 22.5. The maximum absolute atomic E-state index is 12.3. The van der Waals surface area contributed by atoms with Gasteiger partial charge in [0.1, 0.15) is 10.6 Å². The molecule has 0 amide bonds. The van der Waals surface area contributed by atoms with Crippen molar-refractivity contribution in [3.63, 3.8) is 0 Å². The highest BCUT2D eigenvalue weighted by molar-refractivity contribution is 7.89. The van der Waals surface area contributed by atoms with E-state index in [9.17, 15) is 26.9 Å². The number of non-ortho nitro benzene ring substituents is 1. The van der Waals surface area contributed by atoms with Crippen molar-refractivity contribution in [2.24, 2.45) is 5.10 Å². The Morgan fingerprint density at radius 3 is 2.03 bits per heavy atom. The summed E-state index contributed by atoms with van der Waals surface area (Å²) in [5.41, 5.74) is 0.237. The van der Waals surface area contributed by atoms with Gasteiger partial charge >= 0.3 is 10.1 Å². The number of nitrogens with one attached hydrogen (secondary N) is 1. The van der Waals surface area contributed by atoms with Gasteiger partial charge in [-0.15, -0.1) is 0 Å². The number of nitro benzene ring substituents is 1. The van der Waals surface area contributed by atoms with Gasteiger partial charge in [-0.05, 0) is 54.1 Å². The van der Waals surface area contributed by atoms with E-state index in [0.717, 1.165) is 24.3 Å². The lowest BCUT2D eigenvalue weighted by Gasteiger charge is -2.07. The van der Waals surface area contributed by atoms with E-state index < -0.39 is 25.1 Å². The van der Waals surface area contributed by atoms with Crippen LogP contribution in [0.3, 0.4) is 0 Å². The van der Waals surface area contributed by atoms with Crippen molar-refractivity contribution in [3.05, 3.63) is 94.5 Å². The molecule has 1 N–H and O–H groups in total. The molecule has 10 nitrogen and oxygen atoms in total. The quantitative estimate of drug-likeness (QED) is 0.235. The molecule has 0 fully saturated rings. The molecule has 3 rings (SSSR count). The predicted octanol–water partition coefficient (Wildman–Crippen LogP) is 2.67. The number of hydrogen-bond acceptors (Lipinski definition) is 8. The second kappa shape index (κ2) is 8.93. The molecule has 0 aliphatic rings. The standard InChI is InChI=1S/C19H15N3O7S2/c23-22(24)16-8-12-19(13-9-16)31(27,28)29-17-10-6-15(7-11-17)14-20-21-30(25,26)18-4-2-1-3-5-18/h1-14,21H/b20-14+. The second-order valence-corrected chi connectivity index (χ2v) is 9.23. The minimum atomic E-state index is -4.18. The summed E-state index contributed by atoms with van der Waals surface area (Å²) in [5, 5.41) is 14.4. The first-order chi connectivity index (χ1) is 14.7. The van der Waals surface area contributed by atoms with E-state index in [2.05, 4.69) is 9.93 Å². The van der Waals surface area contributed by atoms with Crippen LogP contribution < -0.4 is 9.01 Å². The SMILES string of the molecule is O=[N+]([O-])c1ccc(S(=O)(=O)Oc2ccc(/C=N/NS(=O)(=O)c3ccccc3)cc2)cc1. The van der Waals surface area contributed by atoms with Crippen LogP contribution in [0.1, 0.15) is 5.56 Å². The molecule has 0 radical (unpaired) electrons. The first-order valence-corrected chi connectivity index (χ1v) is 11.5. The number of hydrazone groups is 1. The molecule has 0 saturated carbocycles. The van der Waals surface area contributed by atoms with Gasteiger partial charge in [-0.3, -0.25) is 10.1 Å². The predicted molar refractivity (Wildman–Crippen MR) is 112 cm³/mol. The summed E-state index contributed by atoms with van der Waals surface area (Å²) in [5.74, 6) is 0.000342. The van der Waals surface area contributed by atoms with Crippen LogP contribution in [0.4, 0.5) is 5.69 Å². The monoisotopic (exact) mass is 461 g/mol. The lowest BCUT2D eigenvalue weighted by molar-refractivity contribution is -0.384. The highest BCUT2D eigenvalue weighted by Crippen LogP contribution is 2.21. The third-order valence-electron chi connectivity index (χ3n) is 3.86. The Hall–Kier alpha value is -3.77. The van der Waals surface area contributed by atoms with Gasteiger partial charge in [0.15, 0.2) is 0 Å². The number of rotatable bonds is 8. The average molecular weight is 461 g/mol. The summed E-state index contributed by atoms with van der Waals surface area (Å²) < 4.78 is 53.7. The molecular weight excluding hydrogens is 446 g/mol. The fourth-order valence-corrected chi connectivity index (χ4v) is 4.08. The molecule has 160 valence electrons. The van der Waals surface area contributed by atoms with Crippen molar-refractivity contribution >= 4 is 32.0 Å². The van der Waals surface area contributed by atoms with Crippen molar-refractivity contribution in [2.75, 3.05) is 0 Å². The van der Waals surface area contributed by atoms with Crippen molar-refractivity contribution in [2.45, 2.75) is 9.79 Å². The van der Waals surface area contributed by atoms with Gasteiger partial charge in [0.2, 0.25) is 0 Å². The van der Waals surface area contributed by atoms with Gasteiger partial charge in [-0.25, -0.2) is 4.83 Å². The molecular formula is C19H15N3O7S2. The van der Waals surface area contributed by atoms with Gasteiger partial charge in [-0.2, -0.15) is 21.9 Å². The van der Waals surface area contributed by atoms with Crippen LogP contribution in [0, 0.1) is 10.1 Å². The van der Waals surface area contributed by atoms with E-state index >= 15 is 0 Å². The maximum Gasteiger partial charge on any atom is 0.339 e. The van der Waals surface area contributed by atoms with Gasteiger partial charge in [0.05, 0.1) is 16.0 Å². The lowest BCUT2D eigenvalue weighted by atomic mass is 10.2. The van der Waals surface area contributed by atoms with Gasteiger partial charge < -0.3 is 4.18 Å². The van der Waals surface area contributed by atoms with E-state index in [4.69, 9.17) is 4.18 Å². The molecule has 0 heterocycles. The summed E-state index contributed by atoms with van der Waals surface area (Å²) in [6, 6.07) is 17.6. The molecule has 12 heteroatoms. The van der Waals surface area contributed by atoms with E-state index in [1.54, 1.807) is 18.2 Å². The van der Waals surface area contributed by atoms with Crippen LogP contribution >= 0.6 is 0 Å². The van der Waals surface area contributed by atoms with Crippen LogP contribution in [-0.4, -0.2) is 28.0 Å². The third-order valence-corrected chi connectivity index (χ3v) is 6.36. The zero-order valence-corrected chi connectivity index (χ0v) is 17.3. The molecule has 0 bridgehead atoms. The molecule has 0 aliphatic carbocycles. The molecule has 0 unspecified atom stereocenters. The Labute approximate surface area is 178 Å². The third kappa shape index (κ3) is 5.65. The first kappa shape index (κ1) is 21.9. The number of nitro groups is 1. The number of benzene rings is 3. The van der Waals surface area contributed by atoms with Crippen molar-refractivity contribution in [1.82, 2.24) is 4.83 Å². The van der Waals surface area contributed by atoms with Crippen LogP contribution in [0.2, 0.25) is 0 Å². The Balaban J connectivity index is 1.66. The minimum Gasteiger partial charge on any atom is -0.379 e. The minimum absolute atomic E-state index is 0.000342. The molecule has 3 aromatic rings. The summed E-state index contributed by atoms with van der Waals surface area (Å²) in [6.45, 7) is 0. The first-order valence-electron chi connectivity index (χ1n) is 8.56.